The number of rotatable bonds is 2. The summed E-state index contributed by atoms with van der Waals surface area (Å²) >= 11 is 0. The summed E-state index contributed by atoms with van der Waals surface area (Å²) in [6.45, 7) is 3.02. The van der Waals surface area contributed by atoms with Crippen molar-refractivity contribution in [2.75, 3.05) is 43.9 Å². The van der Waals surface area contributed by atoms with Gasteiger partial charge in [0.05, 0.1) is 12.9 Å². The topological polar surface area (TPSA) is 107 Å². The number of likely N-dealkylation sites (N-methyl/N-ethyl adjacent to an activating group) is 1. The molecule has 2 saturated heterocycles. The molecule has 0 bridgehead atoms. The van der Waals surface area contributed by atoms with Crippen molar-refractivity contribution >= 4 is 22.9 Å². The van der Waals surface area contributed by atoms with Gasteiger partial charge in [-0.25, -0.2) is 4.98 Å². The number of nitrogens with zero attached hydrogens (tertiary/aromatic N) is 5. The van der Waals surface area contributed by atoms with Crippen LogP contribution in [0.4, 0.5) is 11.8 Å². The number of piperidine rings is 2. The Morgan fingerprint density at radius 3 is 3.09 bits per heavy atom. The summed E-state index contributed by atoms with van der Waals surface area (Å²) in [4.78, 5) is 20.6. The molecule has 0 aromatic carbocycles. The van der Waals surface area contributed by atoms with Gasteiger partial charge in [-0.2, -0.15) is 9.97 Å². The quantitative estimate of drug-likeness (QED) is 0.727. The largest absolute Gasteiger partial charge is 0.396 e. The third-order valence-corrected chi connectivity index (χ3v) is 5.60. The highest BCUT2D eigenvalue weighted by molar-refractivity contribution is 5.84. The average molecular weight is 317 g/mol. The van der Waals surface area contributed by atoms with Crippen molar-refractivity contribution in [2.24, 2.45) is 5.41 Å². The first-order valence-electron chi connectivity index (χ1n) is 8.16. The second kappa shape index (κ2) is 5.31. The van der Waals surface area contributed by atoms with Crippen LogP contribution in [-0.4, -0.2) is 69.3 Å². The molecule has 0 saturated carbocycles. The first-order chi connectivity index (χ1) is 11.1. The van der Waals surface area contributed by atoms with E-state index in [2.05, 4.69) is 36.8 Å². The lowest BCUT2D eigenvalue weighted by atomic mass is 9.69. The highest BCUT2D eigenvalue weighted by atomic mass is 16.3. The van der Waals surface area contributed by atoms with Gasteiger partial charge in [0.15, 0.2) is 11.5 Å². The van der Waals surface area contributed by atoms with Crippen LogP contribution in [0.2, 0.25) is 0 Å². The molecule has 2 aromatic rings. The van der Waals surface area contributed by atoms with Gasteiger partial charge in [-0.05, 0) is 32.9 Å². The first kappa shape index (κ1) is 14.6. The van der Waals surface area contributed by atoms with Crippen LogP contribution in [0, 0.1) is 5.41 Å². The van der Waals surface area contributed by atoms with Crippen molar-refractivity contribution in [3.05, 3.63) is 6.33 Å². The molecule has 23 heavy (non-hydrogen) atoms. The van der Waals surface area contributed by atoms with Gasteiger partial charge in [0.1, 0.15) is 5.52 Å². The van der Waals surface area contributed by atoms with Crippen LogP contribution in [0.1, 0.15) is 19.3 Å². The fourth-order valence-corrected chi connectivity index (χ4v) is 4.27. The van der Waals surface area contributed by atoms with Crippen LogP contribution in [-0.2, 0) is 0 Å². The van der Waals surface area contributed by atoms with E-state index >= 15 is 0 Å². The number of H-pyrrole nitrogens is 1. The highest BCUT2D eigenvalue weighted by Crippen LogP contribution is 2.42. The van der Waals surface area contributed by atoms with Crippen molar-refractivity contribution in [1.29, 1.82) is 0 Å². The molecular weight excluding hydrogens is 294 g/mol. The Kier molecular flexibility index (Phi) is 3.38. The Balaban J connectivity index is 1.70. The second-order valence-corrected chi connectivity index (χ2v) is 6.82. The summed E-state index contributed by atoms with van der Waals surface area (Å²) < 4.78 is 0. The average Bonchev–Trinajstić information content (AvgIpc) is 3.02. The molecular formula is C15H23N7O. The Labute approximate surface area is 134 Å². The zero-order valence-corrected chi connectivity index (χ0v) is 13.4. The minimum atomic E-state index is 0.00910. The van der Waals surface area contributed by atoms with E-state index in [0.717, 1.165) is 50.2 Å². The molecule has 0 unspecified atom stereocenters. The lowest BCUT2D eigenvalue weighted by molar-refractivity contribution is -0.0277. The number of aromatic amines is 1. The summed E-state index contributed by atoms with van der Waals surface area (Å²) in [6, 6.07) is 0.323. The fourth-order valence-electron chi connectivity index (χ4n) is 4.27. The molecule has 4 N–H and O–H groups in total. The summed E-state index contributed by atoms with van der Waals surface area (Å²) in [5.74, 6) is 1.06. The van der Waals surface area contributed by atoms with E-state index in [1.165, 1.54) is 0 Å². The molecule has 124 valence electrons. The maximum atomic E-state index is 10.0. The van der Waals surface area contributed by atoms with Gasteiger partial charge in [-0.15, -0.1) is 0 Å². The molecule has 2 fully saturated rings. The van der Waals surface area contributed by atoms with Gasteiger partial charge in [0.2, 0.25) is 5.95 Å². The summed E-state index contributed by atoms with van der Waals surface area (Å²) in [6.07, 6.45) is 4.82. The molecule has 0 radical (unpaired) electrons. The number of aliphatic hydroxyl groups is 1. The van der Waals surface area contributed by atoms with E-state index < -0.39 is 0 Å². The van der Waals surface area contributed by atoms with Crippen molar-refractivity contribution in [1.82, 2.24) is 24.8 Å². The predicted octanol–water partition coefficient (Wildman–Crippen LogP) is 0.218. The number of hydrogen-bond donors (Lipinski definition) is 3. The summed E-state index contributed by atoms with van der Waals surface area (Å²) in [5, 5.41) is 10.0. The summed E-state index contributed by atoms with van der Waals surface area (Å²) in [7, 11) is 2.15. The number of likely N-dealkylation sites (tertiary alicyclic amines) is 1. The van der Waals surface area contributed by atoms with Gasteiger partial charge in [0.25, 0.3) is 0 Å². The van der Waals surface area contributed by atoms with Crippen LogP contribution in [0.5, 0.6) is 0 Å². The number of nitrogens with two attached hydrogens (primary N) is 1. The number of nitrogen functional groups attached to an aromatic ring is 1. The molecule has 2 aliphatic heterocycles. The molecule has 8 nitrogen and oxygen atoms in total. The molecule has 2 atom stereocenters. The van der Waals surface area contributed by atoms with E-state index in [0.29, 0.717) is 11.7 Å². The van der Waals surface area contributed by atoms with E-state index in [-0.39, 0.29) is 18.0 Å². The Hall–Kier alpha value is -1.93. The zero-order valence-electron chi connectivity index (χ0n) is 13.4. The Morgan fingerprint density at radius 2 is 2.26 bits per heavy atom. The van der Waals surface area contributed by atoms with Crippen LogP contribution in [0.15, 0.2) is 6.33 Å². The zero-order chi connectivity index (χ0) is 16.0. The van der Waals surface area contributed by atoms with Crippen molar-refractivity contribution < 1.29 is 5.11 Å². The number of imidazole rings is 1. The van der Waals surface area contributed by atoms with Crippen molar-refractivity contribution in [3.8, 4) is 0 Å². The third-order valence-electron chi connectivity index (χ3n) is 5.60. The minimum Gasteiger partial charge on any atom is -0.396 e. The Bertz CT molecular complexity index is 717. The minimum absolute atomic E-state index is 0.00910. The number of fused-ring (bicyclic) bond motifs is 2. The number of hydrogen-bond acceptors (Lipinski definition) is 7. The number of aromatic nitrogens is 4. The molecule has 2 aliphatic rings. The Morgan fingerprint density at radius 1 is 1.39 bits per heavy atom. The van der Waals surface area contributed by atoms with Crippen LogP contribution in [0.25, 0.3) is 11.2 Å². The highest BCUT2D eigenvalue weighted by Gasteiger charge is 2.46. The molecule has 0 aliphatic carbocycles. The van der Waals surface area contributed by atoms with Gasteiger partial charge in [-0.1, -0.05) is 0 Å². The number of anilines is 2. The van der Waals surface area contributed by atoms with E-state index in [4.69, 9.17) is 5.73 Å². The molecule has 2 aromatic heterocycles. The molecule has 8 heteroatoms. The second-order valence-electron chi connectivity index (χ2n) is 6.82. The van der Waals surface area contributed by atoms with Crippen LogP contribution < -0.4 is 10.6 Å². The summed E-state index contributed by atoms with van der Waals surface area (Å²) in [5.41, 5.74) is 7.29. The SMILES string of the molecule is CN1CCC[C@]2(CO)CCN(c3nc(N)nc4nc[nH]c34)C[C@@H]12. The molecule has 0 spiro atoms. The van der Waals surface area contributed by atoms with E-state index in [1.807, 2.05) is 0 Å². The fraction of sp³-hybridized carbons (Fsp3) is 0.667. The van der Waals surface area contributed by atoms with Gasteiger partial charge in [0, 0.05) is 24.5 Å². The monoisotopic (exact) mass is 317 g/mol. The van der Waals surface area contributed by atoms with Crippen LogP contribution >= 0.6 is 0 Å². The molecule has 4 heterocycles. The van der Waals surface area contributed by atoms with Crippen molar-refractivity contribution in [3.63, 3.8) is 0 Å². The molecule has 4 rings (SSSR count). The maximum Gasteiger partial charge on any atom is 0.224 e. The normalized spacial score (nSPS) is 29.0. The first-order valence-corrected chi connectivity index (χ1v) is 8.16. The van der Waals surface area contributed by atoms with E-state index in [9.17, 15) is 5.11 Å². The standard InChI is InChI=1S/C15H23N7O/c1-21-5-2-3-15(8-23)4-6-22(7-10(15)21)13-11-12(18-9-17-11)19-14(16)20-13/h9-10,23H,2-8H2,1H3,(H3,16,17,18,19,20)/t10-,15-/m1/s1. The number of aliphatic hydroxyl groups excluding tert-OH is 1. The van der Waals surface area contributed by atoms with Crippen LogP contribution in [0.3, 0.4) is 0 Å². The van der Waals surface area contributed by atoms with Gasteiger partial charge in [-0.3, -0.25) is 0 Å². The lowest BCUT2D eigenvalue weighted by Crippen LogP contribution is -2.61. The smallest absolute Gasteiger partial charge is 0.224 e. The molecule has 0 amide bonds. The lowest BCUT2D eigenvalue weighted by Gasteiger charge is -2.53. The number of nitrogens with one attached hydrogen (secondary N) is 1. The third kappa shape index (κ3) is 2.24. The predicted molar refractivity (Wildman–Crippen MR) is 88.1 cm³/mol. The maximum absolute atomic E-state index is 10.0. The van der Waals surface area contributed by atoms with Gasteiger partial charge < -0.3 is 25.6 Å². The van der Waals surface area contributed by atoms with Crippen molar-refractivity contribution in [2.45, 2.75) is 25.3 Å². The van der Waals surface area contributed by atoms with Gasteiger partial charge >= 0.3 is 0 Å². The van der Waals surface area contributed by atoms with E-state index in [1.54, 1.807) is 6.33 Å².